The molecule has 1 aromatic carbocycles. The molecule has 1 aromatic heterocycles. The average Bonchev–Trinajstić information content (AvgIpc) is 3.16. The number of hydrogen-bond donors (Lipinski definition) is 3. The van der Waals surface area contributed by atoms with Crippen LogP contribution in [0.25, 0.3) is 11.0 Å². The number of benzene rings is 1. The van der Waals surface area contributed by atoms with Crippen LogP contribution in [0.2, 0.25) is 0 Å². The van der Waals surface area contributed by atoms with Crippen molar-refractivity contribution in [1.82, 2.24) is 5.32 Å². The summed E-state index contributed by atoms with van der Waals surface area (Å²) in [5, 5.41) is 22.7. The fourth-order valence-corrected chi connectivity index (χ4v) is 2.62. The third-order valence-corrected chi connectivity index (χ3v) is 3.81. The monoisotopic (exact) mass is 312 g/mol. The van der Waals surface area contributed by atoms with Crippen LogP contribution >= 0.6 is 0 Å². The molecule has 6 nitrogen and oxygen atoms in total. The van der Waals surface area contributed by atoms with Crippen molar-refractivity contribution in [3.8, 4) is 0 Å². The van der Waals surface area contributed by atoms with Gasteiger partial charge in [0.15, 0.2) is 0 Å². The summed E-state index contributed by atoms with van der Waals surface area (Å²) in [7, 11) is -1.65. The first-order chi connectivity index (χ1) is 11.1. The van der Waals surface area contributed by atoms with Crippen LogP contribution < -0.4 is 5.32 Å². The number of fused-ring (bicyclic) bond motifs is 1. The number of hydrogen-bond acceptors (Lipinski definition) is 5. The molecule has 0 saturated carbocycles. The van der Waals surface area contributed by atoms with E-state index in [0.29, 0.717) is 6.42 Å². The number of rotatable bonds is 6. The lowest BCUT2D eigenvalue weighted by Crippen LogP contribution is -2.47. The Hall–Kier alpha value is -2.38. The Bertz CT molecular complexity index is 766. The highest BCUT2D eigenvalue weighted by Gasteiger charge is 2.27. The number of nitrogens with one attached hydrogen (secondary N) is 1. The van der Waals surface area contributed by atoms with Crippen LogP contribution in [0, 0.1) is 0 Å². The standard InChI is InChI=1S/C16H17BN2O4/c20-16(7-11-5-6-18-9-11)19-15(17(21)22)8-12-10-23-14-4-2-1-3-13(12)14/h1-4,6,9-10,15,21-22H,5,7-8H2,(H,19,20)/t15-/m0/s1. The fourth-order valence-electron chi connectivity index (χ4n) is 2.62. The highest BCUT2D eigenvalue weighted by atomic mass is 16.4. The second-order valence-corrected chi connectivity index (χ2v) is 5.55. The van der Waals surface area contributed by atoms with Gasteiger partial charge in [-0.3, -0.25) is 9.79 Å². The lowest BCUT2D eigenvalue weighted by Gasteiger charge is -2.17. The summed E-state index contributed by atoms with van der Waals surface area (Å²) in [6, 6.07) is 7.50. The predicted octanol–water partition coefficient (Wildman–Crippen LogP) is 1.22. The number of furan rings is 1. The highest BCUT2D eigenvalue weighted by molar-refractivity contribution is 6.43. The molecule has 0 unspecified atom stereocenters. The van der Waals surface area contributed by atoms with E-state index >= 15 is 0 Å². The van der Waals surface area contributed by atoms with Crippen LogP contribution in [0.15, 0.2) is 51.7 Å². The Morgan fingerprint density at radius 3 is 2.96 bits per heavy atom. The van der Waals surface area contributed by atoms with Gasteiger partial charge in [0, 0.05) is 30.6 Å². The molecule has 1 amide bonds. The van der Waals surface area contributed by atoms with Crippen LogP contribution in [0.5, 0.6) is 0 Å². The molecule has 1 atom stereocenters. The third kappa shape index (κ3) is 3.69. The van der Waals surface area contributed by atoms with E-state index in [2.05, 4.69) is 10.3 Å². The summed E-state index contributed by atoms with van der Waals surface area (Å²) < 4.78 is 5.44. The summed E-state index contributed by atoms with van der Waals surface area (Å²) in [5.74, 6) is -1.06. The molecule has 7 heteroatoms. The van der Waals surface area contributed by atoms with E-state index in [1.54, 1.807) is 18.7 Å². The van der Waals surface area contributed by atoms with Crippen molar-refractivity contribution in [2.45, 2.75) is 25.2 Å². The first-order valence-electron chi connectivity index (χ1n) is 7.43. The minimum absolute atomic E-state index is 0.204. The topological polar surface area (TPSA) is 95.1 Å². The summed E-state index contributed by atoms with van der Waals surface area (Å²) in [6.07, 6.45) is 6.11. The van der Waals surface area contributed by atoms with Crippen molar-refractivity contribution in [1.29, 1.82) is 0 Å². The molecule has 1 aliphatic heterocycles. The van der Waals surface area contributed by atoms with Crippen molar-refractivity contribution in [3.05, 3.63) is 47.9 Å². The number of carbonyl (C=O) groups excluding carboxylic acids is 1. The Balaban J connectivity index is 1.68. The zero-order valence-electron chi connectivity index (χ0n) is 12.5. The van der Waals surface area contributed by atoms with Gasteiger partial charge in [-0.15, -0.1) is 0 Å². The van der Waals surface area contributed by atoms with Crippen molar-refractivity contribution in [3.63, 3.8) is 0 Å². The zero-order valence-corrected chi connectivity index (χ0v) is 12.5. The maximum Gasteiger partial charge on any atom is 0.475 e. The maximum absolute atomic E-state index is 12.1. The number of para-hydroxylation sites is 1. The molecular formula is C16H17BN2O4. The van der Waals surface area contributed by atoms with Gasteiger partial charge in [-0.2, -0.15) is 0 Å². The van der Waals surface area contributed by atoms with E-state index < -0.39 is 13.1 Å². The van der Waals surface area contributed by atoms with Crippen LogP contribution in [-0.2, 0) is 11.2 Å². The smallest absolute Gasteiger partial charge is 0.464 e. The predicted molar refractivity (Wildman–Crippen MR) is 87.8 cm³/mol. The van der Waals surface area contributed by atoms with Gasteiger partial charge in [-0.1, -0.05) is 18.2 Å². The molecule has 0 fully saturated rings. The summed E-state index contributed by atoms with van der Waals surface area (Å²) in [6.45, 7) is 0. The molecular weight excluding hydrogens is 295 g/mol. The molecule has 1 aliphatic rings. The van der Waals surface area contributed by atoms with Gasteiger partial charge in [0.2, 0.25) is 5.91 Å². The average molecular weight is 312 g/mol. The normalized spacial score (nSPS) is 14.8. The quantitative estimate of drug-likeness (QED) is 0.699. The van der Waals surface area contributed by atoms with E-state index in [1.165, 1.54) is 0 Å². The molecule has 2 aromatic rings. The number of nitrogens with zero attached hydrogens (tertiary/aromatic N) is 1. The molecule has 3 N–H and O–H groups in total. The summed E-state index contributed by atoms with van der Waals surface area (Å²) in [4.78, 5) is 16.0. The highest BCUT2D eigenvalue weighted by Crippen LogP contribution is 2.22. The van der Waals surface area contributed by atoms with E-state index in [9.17, 15) is 14.8 Å². The van der Waals surface area contributed by atoms with Crippen molar-refractivity contribution in [2.75, 3.05) is 0 Å². The summed E-state index contributed by atoms with van der Waals surface area (Å²) >= 11 is 0. The first kappa shape index (κ1) is 15.5. The van der Waals surface area contributed by atoms with E-state index in [-0.39, 0.29) is 18.7 Å². The Morgan fingerprint density at radius 1 is 1.39 bits per heavy atom. The lowest BCUT2D eigenvalue weighted by atomic mass is 9.75. The summed E-state index contributed by atoms with van der Waals surface area (Å²) in [5.41, 5.74) is 2.46. The van der Waals surface area contributed by atoms with E-state index in [1.807, 2.05) is 24.3 Å². The second-order valence-electron chi connectivity index (χ2n) is 5.55. The lowest BCUT2D eigenvalue weighted by molar-refractivity contribution is -0.120. The molecule has 0 saturated heterocycles. The van der Waals surface area contributed by atoms with Crippen LogP contribution in [0.1, 0.15) is 18.4 Å². The Labute approximate surface area is 133 Å². The molecule has 0 bridgehead atoms. The van der Waals surface area contributed by atoms with Gasteiger partial charge in [0.1, 0.15) is 5.58 Å². The van der Waals surface area contributed by atoms with Gasteiger partial charge < -0.3 is 19.8 Å². The molecule has 23 heavy (non-hydrogen) atoms. The maximum atomic E-state index is 12.1. The van der Waals surface area contributed by atoms with Crippen molar-refractivity contribution >= 4 is 30.2 Å². The van der Waals surface area contributed by atoms with Gasteiger partial charge in [0.25, 0.3) is 0 Å². The number of carbonyl (C=O) groups is 1. The van der Waals surface area contributed by atoms with Crippen LogP contribution in [-0.4, -0.2) is 35.2 Å². The van der Waals surface area contributed by atoms with E-state index in [4.69, 9.17) is 4.42 Å². The zero-order chi connectivity index (χ0) is 16.2. The van der Waals surface area contributed by atoms with Crippen molar-refractivity contribution in [2.24, 2.45) is 4.99 Å². The van der Waals surface area contributed by atoms with Crippen LogP contribution in [0.4, 0.5) is 0 Å². The number of aliphatic imine (C=N–C) groups is 1. The van der Waals surface area contributed by atoms with Gasteiger partial charge in [0.05, 0.1) is 12.2 Å². The largest absolute Gasteiger partial charge is 0.475 e. The Kier molecular flexibility index (Phi) is 4.59. The van der Waals surface area contributed by atoms with Crippen LogP contribution in [0.3, 0.4) is 0 Å². The van der Waals surface area contributed by atoms with Gasteiger partial charge in [-0.05, 0) is 23.6 Å². The minimum atomic E-state index is -1.65. The third-order valence-electron chi connectivity index (χ3n) is 3.81. The van der Waals surface area contributed by atoms with Gasteiger partial charge >= 0.3 is 7.12 Å². The molecule has 118 valence electrons. The van der Waals surface area contributed by atoms with E-state index in [0.717, 1.165) is 22.1 Å². The molecule has 0 aliphatic carbocycles. The second kappa shape index (κ2) is 6.81. The first-order valence-corrected chi connectivity index (χ1v) is 7.43. The molecule has 2 heterocycles. The number of amides is 1. The van der Waals surface area contributed by atoms with Gasteiger partial charge in [-0.25, -0.2) is 0 Å². The minimum Gasteiger partial charge on any atom is -0.464 e. The Morgan fingerprint density at radius 2 is 2.22 bits per heavy atom. The molecule has 0 spiro atoms. The molecule has 3 rings (SSSR count). The fraction of sp³-hybridized carbons (Fsp3) is 0.250. The SMILES string of the molecule is O=C(CC1=CN=CC1)N[C@@H](Cc1coc2ccccc12)B(O)O. The molecule has 0 radical (unpaired) electrons. The van der Waals surface area contributed by atoms with Crippen molar-refractivity contribution < 1.29 is 19.3 Å².